The van der Waals surface area contributed by atoms with E-state index in [1.54, 1.807) is 11.3 Å². The van der Waals surface area contributed by atoms with Crippen molar-refractivity contribution >= 4 is 21.6 Å². The third-order valence-electron chi connectivity index (χ3n) is 3.88. The number of piperidine rings is 1. The van der Waals surface area contributed by atoms with Crippen molar-refractivity contribution in [2.45, 2.75) is 32.4 Å². The van der Waals surface area contributed by atoms with E-state index in [9.17, 15) is 0 Å². The van der Waals surface area contributed by atoms with Gasteiger partial charge in [-0.15, -0.1) is 11.3 Å². The highest BCUT2D eigenvalue weighted by molar-refractivity contribution is 7.18. The van der Waals surface area contributed by atoms with Gasteiger partial charge >= 0.3 is 0 Å². The predicted molar refractivity (Wildman–Crippen MR) is 81.7 cm³/mol. The van der Waals surface area contributed by atoms with Crippen molar-refractivity contribution in [2.24, 2.45) is 0 Å². The molecule has 1 saturated heterocycles. The molecule has 0 aliphatic carbocycles. The minimum atomic E-state index is 0.656. The second-order valence-electron chi connectivity index (χ2n) is 5.40. The second-order valence-corrected chi connectivity index (χ2v) is 6.63. The van der Waals surface area contributed by atoms with E-state index < -0.39 is 0 Å². The first-order valence-corrected chi connectivity index (χ1v) is 7.82. The molecule has 0 spiro atoms. The molecule has 0 radical (unpaired) electrons. The summed E-state index contributed by atoms with van der Waals surface area (Å²) < 4.78 is 1.32. The number of rotatable bonds is 3. The van der Waals surface area contributed by atoms with Gasteiger partial charge in [-0.05, 0) is 51.1 Å². The summed E-state index contributed by atoms with van der Waals surface area (Å²) in [6, 6.07) is 7.35. The van der Waals surface area contributed by atoms with E-state index in [1.807, 2.05) is 0 Å². The van der Waals surface area contributed by atoms with Gasteiger partial charge in [0.1, 0.15) is 0 Å². The van der Waals surface area contributed by atoms with Gasteiger partial charge in [-0.3, -0.25) is 4.90 Å². The van der Waals surface area contributed by atoms with Crippen molar-refractivity contribution in [1.29, 1.82) is 0 Å². The fourth-order valence-corrected chi connectivity index (χ4v) is 3.77. The Hall–Kier alpha value is -0.970. The lowest BCUT2D eigenvalue weighted by Crippen LogP contribution is -2.43. The molecule has 3 nitrogen and oxygen atoms in total. The molecule has 1 fully saturated rings. The standard InChI is InChI=1S/C15H21N3S/c1-11-17-14-6-5-12(8-15(14)19-11)9-18-7-3-4-13(10-18)16-2/h5-6,8,13,16H,3-4,7,9-10H2,1-2H3. The summed E-state index contributed by atoms with van der Waals surface area (Å²) in [4.78, 5) is 7.08. The maximum Gasteiger partial charge on any atom is 0.0907 e. The van der Waals surface area contributed by atoms with E-state index >= 15 is 0 Å². The van der Waals surface area contributed by atoms with Crippen molar-refractivity contribution in [3.05, 3.63) is 28.8 Å². The van der Waals surface area contributed by atoms with Crippen LogP contribution in [0, 0.1) is 6.92 Å². The van der Waals surface area contributed by atoms with Crippen LogP contribution in [-0.4, -0.2) is 36.1 Å². The molecule has 1 aromatic carbocycles. The number of likely N-dealkylation sites (N-methyl/N-ethyl adjacent to an activating group) is 1. The van der Waals surface area contributed by atoms with Crippen molar-refractivity contribution in [3.63, 3.8) is 0 Å². The summed E-state index contributed by atoms with van der Waals surface area (Å²) in [6.45, 7) is 5.52. The average Bonchev–Trinajstić information content (AvgIpc) is 2.78. The Labute approximate surface area is 118 Å². The zero-order chi connectivity index (χ0) is 13.2. The van der Waals surface area contributed by atoms with Crippen molar-refractivity contribution in [2.75, 3.05) is 20.1 Å². The highest BCUT2D eigenvalue weighted by atomic mass is 32.1. The Morgan fingerprint density at radius 2 is 2.37 bits per heavy atom. The normalized spacial score (nSPS) is 21.1. The van der Waals surface area contributed by atoms with Crippen LogP contribution in [0.15, 0.2) is 18.2 Å². The summed E-state index contributed by atoms with van der Waals surface area (Å²) in [7, 11) is 2.07. The molecule has 0 amide bonds. The molecule has 1 unspecified atom stereocenters. The highest BCUT2D eigenvalue weighted by Crippen LogP contribution is 2.23. The summed E-state index contributed by atoms with van der Waals surface area (Å²) in [5, 5.41) is 4.56. The van der Waals surface area contributed by atoms with E-state index in [1.165, 1.54) is 29.6 Å². The van der Waals surface area contributed by atoms with Crippen molar-refractivity contribution in [1.82, 2.24) is 15.2 Å². The number of aryl methyl sites for hydroxylation is 1. The lowest BCUT2D eigenvalue weighted by atomic mass is 10.1. The van der Waals surface area contributed by atoms with Crippen LogP contribution in [0.3, 0.4) is 0 Å². The van der Waals surface area contributed by atoms with Gasteiger partial charge in [-0.2, -0.15) is 0 Å². The lowest BCUT2D eigenvalue weighted by molar-refractivity contribution is 0.188. The molecule has 2 aromatic rings. The van der Waals surface area contributed by atoms with Crippen LogP contribution in [0.5, 0.6) is 0 Å². The van der Waals surface area contributed by atoms with Gasteiger partial charge in [-0.25, -0.2) is 4.98 Å². The first kappa shape index (κ1) is 13.0. The maximum atomic E-state index is 4.52. The zero-order valence-corrected chi connectivity index (χ0v) is 12.5. The van der Waals surface area contributed by atoms with Crippen LogP contribution in [-0.2, 0) is 6.54 Å². The first-order chi connectivity index (χ1) is 9.24. The molecule has 102 valence electrons. The van der Waals surface area contributed by atoms with Crippen LogP contribution in [0.2, 0.25) is 0 Å². The lowest BCUT2D eigenvalue weighted by Gasteiger charge is -2.32. The number of benzene rings is 1. The van der Waals surface area contributed by atoms with Crippen LogP contribution in [0.4, 0.5) is 0 Å². The molecule has 1 N–H and O–H groups in total. The third kappa shape index (κ3) is 2.96. The molecule has 0 bridgehead atoms. The van der Waals surface area contributed by atoms with E-state index in [0.29, 0.717) is 6.04 Å². The SMILES string of the molecule is CNC1CCCN(Cc2ccc3nc(C)sc3c2)C1. The summed E-state index contributed by atoms with van der Waals surface area (Å²) in [6.07, 6.45) is 2.60. The minimum absolute atomic E-state index is 0.656. The Bertz CT molecular complexity index is 564. The molecular weight excluding hydrogens is 254 g/mol. The molecule has 4 heteroatoms. The van der Waals surface area contributed by atoms with E-state index in [2.05, 4.69) is 47.4 Å². The summed E-state index contributed by atoms with van der Waals surface area (Å²) in [5.74, 6) is 0. The van der Waals surface area contributed by atoms with Crippen molar-refractivity contribution in [3.8, 4) is 0 Å². The van der Waals surface area contributed by atoms with Gasteiger partial charge in [0, 0.05) is 19.1 Å². The summed E-state index contributed by atoms with van der Waals surface area (Å²) >= 11 is 1.79. The Morgan fingerprint density at radius 3 is 3.21 bits per heavy atom. The number of hydrogen-bond donors (Lipinski definition) is 1. The molecule has 1 aromatic heterocycles. The van der Waals surface area contributed by atoms with Gasteiger partial charge in [0.15, 0.2) is 0 Å². The van der Waals surface area contributed by atoms with Crippen LogP contribution < -0.4 is 5.32 Å². The number of fused-ring (bicyclic) bond motifs is 1. The predicted octanol–water partition coefficient (Wildman–Crippen LogP) is 2.79. The first-order valence-electron chi connectivity index (χ1n) is 7.00. The number of likely N-dealkylation sites (tertiary alicyclic amines) is 1. The number of thiazole rings is 1. The minimum Gasteiger partial charge on any atom is -0.316 e. The molecule has 19 heavy (non-hydrogen) atoms. The zero-order valence-electron chi connectivity index (χ0n) is 11.6. The number of nitrogens with one attached hydrogen (secondary N) is 1. The molecule has 1 aliphatic heterocycles. The molecule has 1 atom stereocenters. The summed E-state index contributed by atoms with van der Waals surface area (Å²) in [5.41, 5.74) is 2.55. The van der Waals surface area contributed by atoms with Gasteiger partial charge in [0.2, 0.25) is 0 Å². The molecule has 3 rings (SSSR count). The van der Waals surface area contributed by atoms with E-state index in [-0.39, 0.29) is 0 Å². The second kappa shape index (κ2) is 5.57. The Kier molecular flexibility index (Phi) is 3.82. The third-order valence-corrected chi connectivity index (χ3v) is 4.81. The number of aromatic nitrogens is 1. The van der Waals surface area contributed by atoms with Gasteiger partial charge in [-0.1, -0.05) is 6.07 Å². The topological polar surface area (TPSA) is 28.2 Å². The maximum absolute atomic E-state index is 4.52. The fourth-order valence-electron chi connectivity index (χ4n) is 2.88. The smallest absolute Gasteiger partial charge is 0.0907 e. The molecular formula is C15H21N3S. The number of hydrogen-bond acceptors (Lipinski definition) is 4. The van der Waals surface area contributed by atoms with Crippen LogP contribution in [0.25, 0.3) is 10.2 Å². The van der Waals surface area contributed by atoms with Crippen LogP contribution >= 0.6 is 11.3 Å². The number of nitrogens with zero attached hydrogens (tertiary/aromatic N) is 2. The van der Waals surface area contributed by atoms with Crippen molar-refractivity contribution < 1.29 is 0 Å². The average molecular weight is 275 g/mol. The van der Waals surface area contributed by atoms with Gasteiger partial charge in [0.05, 0.1) is 15.2 Å². The van der Waals surface area contributed by atoms with Crippen LogP contribution in [0.1, 0.15) is 23.4 Å². The fraction of sp³-hybridized carbons (Fsp3) is 0.533. The Morgan fingerprint density at radius 1 is 1.47 bits per heavy atom. The molecule has 0 saturated carbocycles. The monoisotopic (exact) mass is 275 g/mol. The largest absolute Gasteiger partial charge is 0.316 e. The molecule has 2 heterocycles. The molecule has 1 aliphatic rings. The van der Waals surface area contributed by atoms with Gasteiger partial charge in [0.25, 0.3) is 0 Å². The highest BCUT2D eigenvalue weighted by Gasteiger charge is 2.18. The Balaban J connectivity index is 1.73. The van der Waals surface area contributed by atoms with Gasteiger partial charge < -0.3 is 5.32 Å². The quantitative estimate of drug-likeness (QED) is 0.933. The van der Waals surface area contributed by atoms with E-state index in [0.717, 1.165) is 23.6 Å². The van der Waals surface area contributed by atoms with E-state index in [4.69, 9.17) is 0 Å².